The third-order valence-electron chi connectivity index (χ3n) is 3.47. The van der Waals surface area contributed by atoms with Crippen LogP contribution in [0.2, 0.25) is 0 Å². The lowest BCUT2D eigenvalue weighted by atomic mass is 9.87. The number of benzene rings is 2. The van der Waals surface area contributed by atoms with E-state index in [1.54, 1.807) is 24.3 Å². The van der Waals surface area contributed by atoms with Crippen LogP contribution in [0.1, 0.15) is 52.7 Å². The van der Waals surface area contributed by atoms with Crippen LogP contribution in [0.4, 0.5) is 0 Å². The predicted octanol–water partition coefficient (Wildman–Crippen LogP) is 5.38. The summed E-state index contributed by atoms with van der Waals surface area (Å²) in [4.78, 5) is 0. The molecule has 0 atom stereocenters. The summed E-state index contributed by atoms with van der Waals surface area (Å²) in [6, 6.07) is 14.7. The minimum atomic E-state index is 0.174. The van der Waals surface area contributed by atoms with Gasteiger partial charge < -0.3 is 10.2 Å². The van der Waals surface area contributed by atoms with E-state index < -0.39 is 0 Å². The second-order valence-electron chi connectivity index (χ2n) is 7.59. The lowest BCUT2D eigenvalue weighted by molar-refractivity contribution is 0.473. The van der Waals surface area contributed by atoms with Gasteiger partial charge in [0, 0.05) is 0 Å². The molecule has 0 saturated carbocycles. The molecule has 0 aromatic heterocycles. The van der Waals surface area contributed by atoms with Crippen molar-refractivity contribution >= 4 is 0 Å². The topological polar surface area (TPSA) is 40.5 Å². The monoisotopic (exact) mass is 300 g/mol. The number of aromatic hydroxyl groups is 2. The molecule has 0 saturated heterocycles. The third kappa shape index (κ3) is 5.80. The largest absolute Gasteiger partial charge is 0.508 e. The molecule has 22 heavy (non-hydrogen) atoms. The van der Waals surface area contributed by atoms with Crippen LogP contribution in [0.25, 0.3) is 0 Å². The van der Waals surface area contributed by atoms with Gasteiger partial charge >= 0.3 is 0 Å². The van der Waals surface area contributed by atoms with Crippen molar-refractivity contribution in [3.8, 4) is 11.5 Å². The molecule has 2 aromatic carbocycles. The van der Waals surface area contributed by atoms with Crippen LogP contribution in [-0.4, -0.2) is 10.2 Å². The molecule has 2 nitrogen and oxygen atoms in total. The Kier molecular flexibility index (Phi) is 5.65. The highest BCUT2D eigenvalue weighted by Gasteiger charge is 2.13. The van der Waals surface area contributed by atoms with Gasteiger partial charge in [0.25, 0.3) is 0 Å². The fourth-order valence-corrected chi connectivity index (χ4v) is 1.92. The molecular weight excluding hydrogens is 272 g/mol. The maximum Gasteiger partial charge on any atom is 0.115 e. The summed E-state index contributed by atoms with van der Waals surface area (Å²) in [5.74, 6) is 0.663. The molecule has 0 spiro atoms. The van der Waals surface area contributed by atoms with Crippen molar-refractivity contribution in [3.05, 3.63) is 59.7 Å². The van der Waals surface area contributed by atoms with Crippen LogP contribution in [0, 0.1) is 0 Å². The normalized spacial score (nSPS) is 11.5. The van der Waals surface area contributed by atoms with Crippen LogP contribution in [0.5, 0.6) is 11.5 Å². The third-order valence-corrected chi connectivity index (χ3v) is 3.47. The summed E-state index contributed by atoms with van der Waals surface area (Å²) in [6.07, 6.45) is 0. The predicted molar refractivity (Wildman–Crippen MR) is 93.6 cm³/mol. The van der Waals surface area contributed by atoms with E-state index in [1.165, 1.54) is 11.1 Å². The Bertz CT molecular complexity index is 512. The van der Waals surface area contributed by atoms with Crippen molar-refractivity contribution < 1.29 is 10.2 Å². The minimum Gasteiger partial charge on any atom is -0.508 e. The van der Waals surface area contributed by atoms with E-state index in [1.807, 2.05) is 24.3 Å². The van der Waals surface area contributed by atoms with E-state index in [2.05, 4.69) is 41.5 Å². The fourth-order valence-electron chi connectivity index (χ4n) is 1.92. The smallest absolute Gasteiger partial charge is 0.115 e. The van der Waals surface area contributed by atoms with E-state index in [4.69, 9.17) is 10.2 Å². The van der Waals surface area contributed by atoms with Crippen molar-refractivity contribution in [1.82, 2.24) is 0 Å². The summed E-state index contributed by atoms with van der Waals surface area (Å²) in [7, 11) is 0. The van der Waals surface area contributed by atoms with Gasteiger partial charge in [0.05, 0.1) is 0 Å². The lowest BCUT2D eigenvalue weighted by Gasteiger charge is -2.18. The second-order valence-corrected chi connectivity index (χ2v) is 7.59. The average molecular weight is 300 g/mol. The van der Waals surface area contributed by atoms with Crippen LogP contribution in [0.15, 0.2) is 48.5 Å². The van der Waals surface area contributed by atoms with Crippen molar-refractivity contribution in [3.63, 3.8) is 0 Å². The van der Waals surface area contributed by atoms with Crippen LogP contribution in [-0.2, 0) is 10.8 Å². The first kappa shape index (κ1) is 18.1. The Morgan fingerprint density at radius 1 is 0.500 bits per heavy atom. The molecule has 0 fully saturated rings. The quantitative estimate of drug-likeness (QED) is 0.685. The highest BCUT2D eigenvalue weighted by atomic mass is 16.3. The molecular formula is C20H28O2. The van der Waals surface area contributed by atoms with Crippen LogP contribution >= 0.6 is 0 Å². The standard InChI is InChI=1S/2C10H14O/c2*1-10(2,3)8-4-6-9(11)7-5-8/h2*4-7,11H,1-3H3. The molecule has 0 unspecified atom stereocenters. The molecule has 0 aliphatic heterocycles. The molecule has 2 heteroatoms. The summed E-state index contributed by atoms with van der Waals surface area (Å²) in [6.45, 7) is 12.9. The zero-order valence-corrected chi connectivity index (χ0v) is 14.5. The Balaban J connectivity index is 0.000000220. The van der Waals surface area contributed by atoms with E-state index in [-0.39, 0.29) is 10.8 Å². The average Bonchev–Trinajstić information content (AvgIpc) is 2.38. The van der Waals surface area contributed by atoms with Crippen molar-refractivity contribution in [2.24, 2.45) is 0 Å². The van der Waals surface area contributed by atoms with Gasteiger partial charge in [-0.05, 0) is 46.2 Å². The van der Waals surface area contributed by atoms with Gasteiger partial charge in [-0.15, -0.1) is 0 Å². The Hall–Kier alpha value is -1.96. The summed E-state index contributed by atoms with van der Waals surface area (Å²) in [5.41, 5.74) is 2.84. The van der Waals surface area contributed by atoms with Crippen molar-refractivity contribution in [1.29, 1.82) is 0 Å². The molecule has 0 amide bonds. The highest BCUT2D eigenvalue weighted by Crippen LogP contribution is 2.24. The molecule has 0 heterocycles. The van der Waals surface area contributed by atoms with Gasteiger partial charge in [0.15, 0.2) is 0 Å². The SMILES string of the molecule is CC(C)(C)c1ccc(O)cc1.CC(C)(C)c1ccc(O)cc1. The summed E-state index contributed by atoms with van der Waals surface area (Å²) >= 11 is 0. The summed E-state index contributed by atoms with van der Waals surface area (Å²) < 4.78 is 0. The minimum absolute atomic E-state index is 0.174. The summed E-state index contributed by atoms with van der Waals surface area (Å²) in [5, 5.41) is 18.0. The molecule has 2 aromatic rings. The Labute approximate surface area is 134 Å². The molecule has 0 bridgehead atoms. The van der Waals surface area contributed by atoms with Gasteiger partial charge in [0.1, 0.15) is 11.5 Å². The highest BCUT2D eigenvalue weighted by molar-refractivity contribution is 5.30. The number of phenolic OH excluding ortho intramolecular Hbond substituents is 2. The molecule has 0 radical (unpaired) electrons. The number of hydrogen-bond donors (Lipinski definition) is 2. The molecule has 2 N–H and O–H groups in total. The Morgan fingerprint density at radius 3 is 0.909 bits per heavy atom. The number of phenols is 2. The molecule has 2 rings (SSSR count). The van der Waals surface area contributed by atoms with E-state index in [0.717, 1.165) is 0 Å². The van der Waals surface area contributed by atoms with Crippen molar-refractivity contribution in [2.45, 2.75) is 52.4 Å². The molecule has 0 aliphatic rings. The first-order chi connectivity index (χ1) is 10.00. The fraction of sp³-hybridized carbons (Fsp3) is 0.400. The maximum absolute atomic E-state index is 9.02. The Morgan fingerprint density at radius 2 is 0.727 bits per heavy atom. The van der Waals surface area contributed by atoms with Crippen molar-refractivity contribution in [2.75, 3.05) is 0 Å². The first-order valence-corrected chi connectivity index (χ1v) is 7.59. The molecule has 0 aliphatic carbocycles. The van der Waals surface area contributed by atoms with E-state index in [9.17, 15) is 0 Å². The van der Waals surface area contributed by atoms with Gasteiger partial charge in [-0.2, -0.15) is 0 Å². The molecule has 120 valence electrons. The van der Waals surface area contributed by atoms with Gasteiger partial charge in [-0.1, -0.05) is 65.8 Å². The van der Waals surface area contributed by atoms with Gasteiger partial charge in [0.2, 0.25) is 0 Å². The number of rotatable bonds is 0. The van der Waals surface area contributed by atoms with Crippen LogP contribution < -0.4 is 0 Å². The lowest BCUT2D eigenvalue weighted by Crippen LogP contribution is -2.10. The van der Waals surface area contributed by atoms with Gasteiger partial charge in [-0.3, -0.25) is 0 Å². The van der Waals surface area contributed by atoms with Crippen LogP contribution in [0.3, 0.4) is 0 Å². The second kappa shape index (κ2) is 6.87. The van der Waals surface area contributed by atoms with Gasteiger partial charge in [-0.25, -0.2) is 0 Å². The van der Waals surface area contributed by atoms with E-state index in [0.29, 0.717) is 11.5 Å². The zero-order chi connectivity index (χ0) is 17.0. The first-order valence-electron chi connectivity index (χ1n) is 7.59. The number of hydrogen-bond acceptors (Lipinski definition) is 2. The van der Waals surface area contributed by atoms with E-state index >= 15 is 0 Å². The maximum atomic E-state index is 9.02. The zero-order valence-electron chi connectivity index (χ0n) is 14.5.